The lowest BCUT2D eigenvalue weighted by atomic mass is 10.2. The van der Waals surface area contributed by atoms with Crippen molar-refractivity contribution in [1.82, 2.24) is 0 Å². The first-order valence-corrected chi connectivity index (χ1v) is 8.13. The fourth-order valence-electron chi connectivity index (χ4n) is 2.32. The summed E-state index contributed by atoms with van der Waals surface area (Å²) in [4.78, 5) is 23.7. The molecule has 0 aliphatic heterocycles. The summed E-state index contributed by atoms with van der Waals surface area (Å²) in [7, 11) is 4.64. The molecule has 0 bridgehead atoms. The Bertz CT molecular complexity index is 839. The predicted octanol–water partition coefficient (Wildman–Crippen LogP) is 3.32. The van der Waals surface area contributed by atoms with Gasteiger partial charge in [-0.15, -0.1) is 0 Å². The van der Waals surface area contributed by atoms with Crippen molar-refractivity contribution >= 4 is 29.3 Å². The summed E-state index contributed by atoms with van der Waals surface area (Å²) in [6, 6.07) is 10.3. The average molecular weight is 370 g/mol. The Hall–Kier alpha value is -3.48. The Morgan fingerprint density at radius 3 is 2.00 bits per heavy atom. The molecule has 0 spiro atoms. The van der Waals surface area contributed by atoms with Crippen molar-refractivity contribution in [3.63, 3.8) is 0 Å². The van der Waals surface area contributed by atoms with Crippen LogP contribution in [0.2, 0.25) is 0 Å². The fraction of sp³-hybridized carbons (Fsp3) is 0.200. The van der Waals surface area contributed by atoms with Crippen LogP contribution in [0.15, 0.2) is 42.5 Å². The first kappa shape index (κ1) is 19.8. The number of rotatable bonds is 7. The molecule has 2 aromatic rings. The number of methoxy groups -OCH3 is 3. The molecule has 0 heterocycles. The van der Waals surface area contributed by atoms with Crippen molar-refractivity contribution in [1.29, 1.82) is 0 Å². The van der Waals surface area contributed by atoms with Gasteiger partial charge in [0.05, 0.1) is 32.7 Å². The van der Waals surface area contributed by atoms with Crippen LogP contribution in [0.1, 0.15) is 12.5 Å². The van der Waals surface area contributed by atoms with Crippen LogP contribution in [0.5, 0.6) is 17.2 Å². The van der Waals surface area contributed by atoms with Crippen molar-refractivity contribution in [2.24, 2.45) is 0 Å². The molecule has 142 valence electrons. The number of anilines is 2. The molecule has 0 radical (unpaired) electrons. The van der Waals surface area contributed by atoms with Gasteiger partial charge < -0.3 is 24.8 Å². The Morgan fingerprint density at radius 1 is 0.815 bits per heavy atom. The Labute approximate surface area is 157 Å². The number of hydrogen-bond donors (Lipinski definition) is 2. The lowest BCUT2D eigenvalue weighted by Gasteiger charge is -2.12. The summed E-state index contributed by atoms with van der Waals surface area (Å²) in [5.74, 6) is 1.19. The standard InChI is InChI=1S/C20H22N2O5/c1-13(23)21-18-7-6-15(25-2)12-19(18)22-20(24)8-5-14-9-16(26-3)11-17(10-14)27-4/h5-12H,1-4H3,(H,21,23)(H,22,24)/b8-5+. The van der Waals surface area contributed by atoms with Gasteiger partial charge in [-0.05, 0) is 35.9 Å². The topological polar surface area (TPSA) is 85.9 Å². The minimum Gasteiger partial charge on any atom is -0.497 e. The summed E-state index contributed by atoms with van der Waals surface area (Å²) in [6.07, 6.45) is 3.02. The largest absolute Gasteiger partial charge is 0.497 e. The summed E-state index contributed by atoms with van der Waals surface area (Å²) in [5, 5.41) is 5.40. The lowest BCUT2D eigenvalue weighted by Crippen LogP contribution is -2.13. The van der Waals surface area contributed by atoms with E-state index in [1.54, 1.807) is 56.7 Å². The van der Waals surface area contributed by atoms with E-state index in [9.17, 15) is 9.59 Å². The van der Waals surface area contributed by atoms with E-state index in [4.69, 9.17) is 14.2 Å². The van der Waals surface area contributed by atoms with Gasteiger partial charge in [0, 0.05) is 25.1 Å². The van der Waals surface area contributed by atoms with E-state index < -0.39 is 0 Å². The third-order valence-corrected chi connectivity index (χ3v) is 3.60. The number of ether oxygens (including phenoxy) is 3. The van der Waals surface area contributed by atoms with Crippen LogP contribution in [-0.2, 0) is 9.59 Å². The fourth-order valence-corrected chi connectivity index (χ4v) is 2.32. The van der Waals surface area contributed by atoms with E-state index in [0.29, 0.717) is 28.6 Å². The van der Waals surface area contributed by atoms with E-state index in [1.807, 2.05) is 0 Å². The highest BCUT2D eigenvalue weighted by atomic mass is 16.5. The molecule has 27 heavy (non-hydrogen) atoms. The zero-order valence-electron chi connectivity index (χ0n) is 15.7. The van der Waals surface area contributed by atoms with Gasteiger partial charge in [0.25, 0.3) is 0 Å². The molecule has 2 aromatic carbocycles. The molecular formula is C20H22N2O5. The smallest absolute Gasteiger partial charge is 0.248 e. The van der Waals surface area contributed by atoms with Crippen molar-refractivity contribution < 1.29 is 23.8 Å². The number of benzene rings is 2. The van der Waals surface area contributed by atoms with Crippen LogP contribution in [0.25, 0.3) is 6.08 Å². The molecule has 0 unspecified atom stereocenters. The van der Waals surface area contributed by atoms with Crippen molar-refractivity contribution in [3.8, 4) is 17.2 Å². The first-order valence-electron chi connectivity index (χ1n) is 8.13. The highest BCUT2D eigenvalue weighted by Crippen LogP contribution is 2.27. The normalized spacial score (nSPS) is 10.4. The van der Waals surface area contributed by atoms with Gasteiger partial charge in [-0.3, -0.25) is 9.59 Å². The van der Waals surface area contributed by atoms with E-state index in [0.717, 1.165) is 5.56 Å². The van der Waals surface area contributed by atoms with Gasteiger partial charge in [0.15, 0.2) is 0 Å². The van der Waals surface area contributed by atoms with Gasteiger partial charge in [0.1, 0.15) is 17.2 Å². The molecular weight excluding hydrogens is 348 g/mol. The average Bonchev–Trinajstić information content (AvgIpc) is 2.67. The summed E-state index contributed by atoms with van der Waals surface area (Å²) < 4.78 is 15.6. The Kier molecular flexibility index (Phi) is 6.82. The highest BCUT2D eigenvalue weighted by molar-refractivity contribution is 6.05. The molecule has 0 aliphatic rings. The van der Waals surface area contributed by atoms with Crippen molar-refractivity contribution in [2.45, 2.75) is 6.92 Å². The lowest BCUT2D eigenvalue weighted by molar-refractivity contribution is -0.114. The van der Waals surface area contributed by atoms with Crippen LogP contribution in [0, 0.1) is 0 Å². The second-order valence-corrected chi connectivity index (χ2v) is 5.56. The van der Waals surface area contributed by atoms with Gasteiger partial charge >= 0.3 is 0 Å². The van der Waals surface area contributed by atoms with Crippen molar-refractivity contribution in [2.75, 3.05) is 32.0 Å². The summed E-state index contributed by atoms with van der Waals surface area (Å²) in [5.41, 5.74) is 1.66. The van der Waals surface area contributed by atoms with Crippen LogP contribution in [0.4, 0.5) is 11.4 Å². The zero-order chi connectivity index (χ0) is 19.8. The van der Waals surface area contributed by atoms with Gasteiger partial charge in [-0.1, -0.05) is 0 Å². The molecule has 0 aromatic heterocycles. The zero-order valence-corrected chi connectivity index (χ0v) is 15.7. The molecule has 2 N–H and O–H groups in total. The van der Waals surface area contributed by atoms with E-state index in [-0.39, 0.29) is 11.8 Å². The van der Waals surface area contributed by atoms with Crippen LogP contribution >= 0.6 is 0 Å². The minimum absolute atomic E-state index is 0.241. The quantitative estimate of drug-likeness (QED) is 0.730. The van der Waals surface area contributed by atoms with Crippen LogP contribution in [0.3, 0.4) is 0 Å². The summed E-state index contributed by atoms with van der Waals surface area (Å²) >= 11 is 0. The second kappa shape index (κ2) is 9.28. The van der Waals surface area contributed by atoms with E-state index in [1.165, 1.54) is 20.1 Å². The van der Waals surface area contributed by atoms with Crippen molar-refractivity contribution in [3.05, 3.63) is 48.0 Å². The SMILES string of the molecule is COc1cc(/C=C/C(=O)Nc2cc(OC)ccc2NC(C)=O)cc(OC)c1. The second-order valence-electron chi connectivity index (χ2n) is 5.56. The molecule has 7 heteroatoms. The van der Waals surface area contributed by atoms with E-state index >= 15 is 0 Å². The van der Waals surface area contributed by atoms with E-state index in [2.05, 4.69) is 10.6 Å². The maximum atomic E-state index is 12.3. The highest BCUT2D eigenvalue weighted by Gasteiger charge is 2.08. The van der Waals surface area contributed by atoms with Gasteiger partial charge in [0.2, 0.25) is 11.8 Å². The molecule has 0 atom stereocenters. The molecule has 0 aliphatic carbocycles. The van der Waals surface area contributed by atoms with Gasteiger partial charge in [-0.2, -0.15) is 0 Å². The number of hydrogen-bond acceptors (Lipinski definition) is 5. The van der Waals surface area contributed by atoms with Gasteiger partial charge in [-0.25, -0.2) is 0 Å². The number of carbonyl (C=O) groups excluding carboxylic acids is 2. The molecule has 0 fully saturated rings. The Morgan fingerprint density at radius 2 is 1.44 bits per heavy atom. The number of nitrogens with one attached hydrogen (secondary N) is 2. The molecule has 2 amide bonds. The molecule has 2 rings (SSSR count). The van der Waals surface area contributed by atoms with Crippen LogP contribution < -0.4 is 24.8 Å². The molecule has 0 saturated heterocycles. The predicted molar refractivity (Wildman–Crippen MR) is 105 cm³/mol. The minimum atomic E-state index is -0.364. The monoisotopic (exact) mass is 370 g/mol. The maximum Gasteiger partial charge on any atom is 0.248 e. The van der Waals surface area contributed by atoms with Crippen LogP contribution in [-0.4, -0.2) is 33.1 Å². The first-order chi connectivity index (χ1) is 12.9. The third-order valence-electron chi connectivity index (χ3n) is 3.60. The molecule has 0 saturated carbocycles. The number of amides is 2. The molecule has 7 nitrogen and oxygen atoms in total. The Balaban J connectivity index is 2.20. The third kappa shape index (κ3) is 5.78. The maximum absolute atomic E-state index is 12.3. The summed E-state index contributed by atoms with van der Waals surface area (Å²) in [6.45, 7) is 1.39. The number of carbonyl (C=O) groups is 2.